The number of aliphatic hydroxyl groups is 1. The zero-order chi connectivity index (χ0) is 30.4. The van der Waals surface area contributed by atoms with E-state index in [2.05, 4.69) is 23.0 Å². The number of nitrogens with zero attached hydrogens (tertiary/aromatic N) is 1. The summed E-state index contributed by atoms with van der Waals surface area (Å²) in [5.74, 6) is 0. The number of aromatic nitrogens is 2. The number of aliphatic hydroxyl groups excluding tert-OH is 1. The first kappa shape index (κ1) is 33.0. The fourth-order valence-electron chi connectivity index (χ4n) is 3.32. The molecule has 6 N–H and O–H groups in total. The van der Waals surface area contributed by atoms with Crippen LogP contribution in [0.25, 0.3) is 0 Å². The minimum Gasteiger partial charge on any atom is -0.438 e. The highest BCUT2D eigenvalue weighted by Crippen LogP contribution is 2.67. The second-order valence-corrected chi connectivity index (χ2v) is 12.8. The molecule has 41 heavy (non-hydrogen) atoms. The minimum absolute atomic E-state index is 0.223. The number of benzene rings is 1. The van der Waals surface area contributed by atoms with E-state index >= 15 is 0 Å². The lowest BCUT2D eigenvalue weighted by molar-refractivity contribution is -0.0552. The molecule has 1 aliphatic rings. The molecule has 2 aromatic rings. The molecule has 7 atom stereocenters. The van der Waals surface area contributed by atoms with Gasteiger partial charge in [-0.2, -0.15) is 8.62 Å². The zero-order valence-corrected chi connectivity index (χ0v) is 23.6. The predicted molar refractivity (Wildman–Crippen MR) is 135 cm³/mol. The maximum atomic E-state index is 12.5. The van der Waals surface area contributed by atoms with Gasteiger partial charge < -0.3 is 29.3 Å². The molecular weight excluding hydrogens is 619 g/mol. The molecule has 0 saturated carbocycles. The summed E-state index contributed by atoms with van der Waals surface area (Å²) in [6, 6.07) is 8.89. The number of rotatable bonds is 13. The second kappa shape index (κ2) is 13.6. The van der Waals surface area contributed by atoms with Crippen LogP contribution >= 0.6 is 23.5 Å². The van der Waals surface area contributed by atoms with Crippen molar-refractivity contribution >= 4 is 35.2 Å². The average molecular weight is 645 g/mol. The first-order valence-corrected chi connectivity index (χ1v) is 16.0. The highest BCUT2D eigenvalue weighted by molar-refractivity contribution is 7.66. The summed E-state index contributed by atoms with van der Waals surface area (Å²) in [6.45, 7) is 0.116. The van der Waals surface area contributed by atoms with Gasteiger partial charge in [-0.1, -0.05) is 25.1 Å². The lowest BCUT2D eigenvalue weighted by atomic mass is 10.1. The monoisotopic (exact) mass is 645 g/mol. The van der Waals surface area contributed by atoms with Crippen molar-refractivity contribution in [3.8, 4) is 0 Å². The maximum absolute atomic E-state index is 12.5. The van der Waals surface area contributed by atoms with Gasteiger partial charge in [0.15, 0.2) is 12.3 Å². The lowest BCUT2D eigenvalue weighted by Gasteiger charge is -2.22. The van der Waals surface area contributed by atoms with E-state index in [1.807, 2.05) is 4.98 Å². The summed E-state index contributed by atoms with van der Waals surface area (Å²) < 4.78 is 64.2. The Morgan fingerprint density at radius 2 is 1.66 bits per heavy atom. The van der Waals surface area contributed by atoms with E-state index in [4.69, 9.17) is 9.47 Å². The summed E-state index contributed by atoms with van der Waals surface area (Å²) in [5.41, 5.74) is -1.49. The standard InChI is InChI=1S/C19H26N3O16P3/c1-2-10-33-39(27,28)37-41(31,32)38-40(29,30)34-11-13-15(24)16(36-19(26)20-12-6-4-3-5-7-12)17(35-13)22-9-8-14(23)21-18(22)25/h3-9,13,15-17,24H,2,10-11H2,1H3,(H,20,26)(H,27,28)(H,29,30)(H,31,32)(H,21,23,25). The molecule has 1 fully saturated rings. The van der Waals surface area contributed by atoms with E-state index in [1.54, 1.807) is 25.1 Å². The van der Waals surface area contributed by atoms with Crippen molar-refractivity contribution in [1.29, 1.82) is 0 Å². The lowest BCUT2D eigenvalue weighted by Crippen LogP contribution is -2.41. The first-order chi connectivity index (χ1) is 19.1. The van der Waals surface area contributed by atoms with Crippen LogP contribution in [0.15, 0.2) is 52.2 Å². The molecular formula is C19H26N3O16P3. The fourth-order valence-corrected chi connectivity index (χ4v) is 6.92. The van der Waals surface area contributed by atoms with Crippen molar-refractivity contribution in [1.82, 2.24) is 9.55 Å². The van der Waals surface area contributed by atoms with E-state index in [0.29, 0.717) is 5.69 Å². The fraction of sp³-hybridized carbons (Fsp3) is 0.421. The van der Waals surface area contributed by atoms with Crippen LogP contribution < -0.4 is 16.6 Å². The van der Waals surface area contributed by atoms with Crippen LogP contribution in [0, 0.1) is 0 Å². The van der Waals surface area contributed by atoms with E-state index in [1.165, 1.54) is 12.1 Å². The number of phosphoric ester groups is 2. The molecule has 0 bridgehead atoms. The second-order valence-electron chi connectivity index (χ2n) is 8.13. The number of aromatic amines is 1. The van der Waals surface area contributed by atoms with Gasteiger partial charge in [-0.15, -0.1) is 0 Å². The van der Waals surface area contributed by atoms with E-state index < -0.39 is 72.0 Å². The number of para-hydroxylation sites is 1. The highest BCUT2D eigenvalue weighted by Gasteiger charge is 2.49. The Bertz CT molecular complexity index is 1470. The van der Waals surface area contributed by atoms with Crippen molar-refractivity contribution in [2.75, 3.05) is 18.5 Å². The molecule has 2 heterocycles. The molecule has 0 radical (unpaired) electrons. The van der Waals surface area contributed by atoms with Crippen LogP contribution in [-0.2, 0) is 40.8 Å². The SMILES string of the molecule is CCCOP(=O)(O)OP(=O)(O)OP(=O)(O)OCC1OC(n2ccc(=O)[nH]c2=O)C(OC(=O)Nc2ccccc2)C1O. The van der Waals surface area contributed by atoms with E-state index in [0.717, 1.165) is 16.8 Å². The molecule has 1 aliphatic heterocycles. The molecule has 22 heteroatoms. The molecule has 7 unspecified atom stereocenters. The number of hydrogen-bond donors (Lipinski definition) is 6. The van der Waals surface area contributed by atoms with Gasteiger partial charge in [-0.3, -0.25) is 28.7 Å². The van der Waals surface area contributed by atoms with E-state index in [9.17, 15) is 47.9 Å². The third kappa shape index (κ3) is 9.78. The Hall–Kier alpha value is -2.50. The maximum Gasteiger partial charge on any atom is 0.490 e. The predicted octanol–water partition coefficient (Wildman–Crippen LogP) is 1.19. The van der Waals surface area contributed by atoms with Crippen LogP contribution in [0.1, 0.15) is 19.6 Å². The van der Waals surface area contributed by atoms with Gasteiger partial charge in [0.1, 0.15) is 12.2 Å². The van der Waals surface area contributed by atoms with Gasteiger partial charge in [0.25, 0.3) is 5.56 Å². The largest absolute Gasteiger partial charge is 0.490 e. The number of ether oxygens (including phenoxy) is 2. The molecule has 1 aromatic heterocycles. The van der Waals surface area contributed by atoms with Crippen molar-refractivity contribution in [3.05, 3.63) is 63.4 Å². The summed E-state index contributed by atoms with van der Waals surface area (Å²) in [5, 5.41) is 13.2. The summed E-state index contributed by atoms with van der Waals surface area (Å²) in [6.07, 6.45) is -6.67. The molecule has 0 aliphatic carbocycles. The van der Waals surface area contributed by atoms with Gasteiger partial charge in [0.2, 0.25) is 0 Å². The number of hydrogen-bond acceptors (Lipinski definition) is 13. The molecule has 228 valence electrons. The van der Waals surface area contributed by atoms with Gasteiger partial charge in [0.05, 0.1) is 13.2 Å². The van der Waals surface area contributed by atoms with Crippen molar-refractivity contribution in [3.63, 3.8) is 0 Å². The molecule has 0 spiro atoms. The molecule has 19 nitrogen and oxygen atoms in total. The number of H-pyrrole nitrogens is 1. The van der Waals surface area contributed by atoms with Gasteiger partial charge in [0, 0.05) is 18.0 Å². The molecule has 1 amide bonds. The summed E-state index contributed by atoms with van der Waals surface area (Å²) in [4.78, 5) is 67.1. The van der Waals surface area contributed by atoms with Crippen LogP contribution in [-0.4, -0.2) is 67.0 Å². The van der Waals surface area contributed by atoms with E-state index in [-0.39, 0.29) is 13.0 Å². The van der Waals surface area contributed by atoms with Crippen LogP contribution in [0.2, 0.25) is 0 Å². The Kier molecular flexibility index (Phi) is 11.0. The Labute approximate surface area is 230 Å². The average Bonchev–Trinajstić information content (AvgIpc) is 3.15. The van der Waals surface area contributed by atoms with Crippen LogP contribution in [0.3, 0.4) is 0 Å². The van der Waals surface area contributed by atoms with Crippen LogP contribution in [0.4, 0.5) is 10.5 Å². The summed E-state index contributed by atoms with van der Waals surface area (Å²) >= 11 is 0. The number of amides is 1. The molecule has 1 saturated heterocycles. The van der Waals surface area contributed by atoms with Gasteiger partial charge >= 0.3 is 35.3 Å². The normalized spacial score (nSPS) is 25.0. The van der Waals surface area contributed by atoms with Gasteiger partial charge in [-0.25, -0.2) is 23.3 Å². The Morgan fingerprint density at radius 3 is 2.27 bits per heavy atom. The number of nitrogens with one attached hydrogen (secondary N) is 2. The number of anilines is 1. The third-order valence-electron chi connectivity index (χ3n) is 4.97. The molecule has 3 rings (SSSR count). The van der Waals surface area contributed by atoms with Crippen molar-refractivity contribution in [2.45, 2.75) is 37.9 Å². The van der Waals surface area contributed by atoms with Crippen molar-refractivity contribution in [2.24, 2.45) is 0 Å². The number of carbonyl (C=O) groups excluding carboxylic acids is 1. The minimum atomic E-state index is -5.72. The number of phosphoric acid groups is 3. The Morgan fingerprint density at radius 1 is 1.02 bits per heavy atom. The highest BCUT2D eigenvalue weighted by atomic mass is 31.3. The number of carbonyl (C=O) groups is 1. The quantitative estimate of drug-likeness (QED) is 0.167. The molecule has 1 aromatic carbocycles. The summed E-state index contributed by atoms with van der Waals surface area (Å²) in [7, 11) is -16.4. The smallest absolute Gasteiger partial charge is 0.438 e. The topological polar surface area (TPSA) is 271 Å². The third-order valence-corrected chi connectivity index (χ3v) is 9.26. The van der Waals surface area contributed by atoms with Crippen molar-refractivity contribution < 1.29 is 65.4 Å². The van der Waals surface area contributed by atoms with Crippen LogP contribution in [0.5, 0.6) is 0 Å². The zero-order valence-electron chi connectivity index (χ0n) is 20.9. The van der Waals surface area contributed by atoms with Gasteiger partial charge in [-0.05, 0) is 18.6 Å². The Balaban J connectivity index is 1.74. The first-order valence-electron chi connectivity index (χ1n) is 11.5.